The number of halogens is 2. The van der Waals surface area contributed by atoms with E-state index in [0.717, 1.165) is 4.68 Å². The van der Waals surface area contributed by atoms with Crippen molar-refractivity contribution in [1.82, 2.24) is 9.78 Å². The number of aromatic nitrogens is 2. The summed E-state index contributed by atoms with van der Waals surface area (Å²) in [5.74, 6) is -1.96. The van der Waals surface area contributed by atoms with E-state index in [4.69, 9.17) is 5.11 Å². The molecule has 0 atom stereocenters. The number of carboxylic acid groups (broad SMARTS) is 1. The Balaban J connectivity index is 2.12. The maximum Gasteiger partial charge on any atom is 0.387 e. The smallest absolute Gasteiger partial charge is 0.387 e. The van der Waals surface area contributed by atoms with Gasteiger partial charge in [-0.05, 0) is 18.2 Å². The number of rotatable bonds is 6. The number of ether oxygens (including phenoxy) is 1. The molecule has 1 aromatic carbocycles. The molecule has 0 saturated carbocycles. The van der Waals surface area contributed by atoms with E-state index < -0.39 is 25.0 Å². The van der Waals surface area contributed by atoms with Gasteiger partial charge in [0.2, 0.25) is 0 Å². The molecule has 116 valence electrons. The van der Waals surface area contributed by atoms with Crippen LogP contribution < -0.4 is 10.1 Å². The first kappa shape index (κ1) is 15.4. The molecule has 2 N–H and O–H groups in total. The first-order valence-corrected chi connectivity index (χ1v) is 6.06. The van der Waals surface area contributed by atoms with Crippen molar-refractivity contribution >= 4 is 17.6 Å². The molecule has 1 amide bonds. The van der Waals surface area contributed by atoms with Gasteiger partial charge in [-0.25, -0.2) is 0 Å². The van der Waals surface area contributed by atoms with Gasteiger partial charge in [0.05, 0.1) is 5.69 Å². The van der Waals surface area contributed by atoms with Crippen molar-refractivity contribution in [1.29, 1.82) is 0 Å². The number of carbonyl (C=O) groups is 2. The molecule has 0 unspecified atom stereocenters. The summed E-state index contributed by atoms with van der Waals surface area (Å²) in [4.78, 5) is 22.5. The van der Waals surface area contributed by atoms with Crippen LogP contribution >= 0.6 is 0 Å². The Morgan fingerprint density at radius 2 is 2.05 bits per heavy atom. The second kappa shape index (κ2) is 6.66. The highest BCUT2D eigenvalue weighted by Crippen LogP contribution is 2.25. The second-order valence-electron chi connectivity index (χ2n) is 4.12. The van der Waals surface area contributed by atoms with Crippen molar-refractivity contribution in [2.24, 2.45) is 0 Å². The van der Waals surface area contributed by atoms with Crippen molar-refractivity contribution in [3.05, 3.63) is 42.2 Å². The highest BCUT2D eigenvalue weighted by atomic mass is 19.3. The average molecular weight is 311 g/mol. The number of nitrogens with zero attached hydrogens (tertiary/aromatic N) is 2. The Morgan fingerprint density at radius 3 is 2.73 bits per heavy atom. The van der Waals surface area contributed by atoms with Gasteiger partial charge in [-0.2, -0.15) is 13.9 Å². The maximum atomic E-state index is 12.3. The molecule has 22 heavy (non-hydrogen) atoms. The van der Waals surface area contributed by atoms with Crippen LogP contribution in [0.2, 0.25) is 0 Å². The number of anilines is 1. The second-order valence-corrected chi connectivity index (χ2v) is 4.12. The zero-order valence-corrected chi connectivity index (χ0v) is 11.1. The van der Waals surface area contributed by atoms with E-state index in [1.807, 2.05) is 0 Å². The number of benzene rings is 1. The molecular weight excluding hydrogens is 300 g/mol. The summed E-state index contributed by atoms with van der Waals surface area (Å²) in [6, 6.07) is 7.01. The Morgan fingerprint density at radius 1 is 1.32 bits per heavy atom. The lowest BCUT2D eigenvalue weighted by Gasteiger charge is -2.10. The van der Waals surface area contributed by atoms with Gasteiger partial charge in [0.1, 0.15) is 12.3 Å². The molecule has 7 nitrogen and oxygen atoms in total. The average Bonchev–Trinajstić information content (AvgIpc) is 2.88. The van der Waals surface area contributed by atoms with Crippen LogP contribution in [-0.4, -0.2) is 33.4 Å². The highest BCUT2D eigenvalue weighted by Gasteiger charge is 2.15. The zero-order chi connectivity index (χ0) is 16.1. The number of hydrogen-bond acceptors (Lipinski definition) is 4. The van der Waals surface area contributed by atoms with Crippen molar-refractivity contribution in [2.45, 2.75) is 13.2 Å². The number of nitrogens with one attached hydrogen (secondary N) is 1. The summed E-state index contributed by atoms with van der Waals surface area (Å²) < 4.78 is 29.9. The van der Waals surface area contributed by atoms with Crippen LogP contribution in [-0.2, 0) is 11.3 Å². The summed E-state index contributed by atoms with van der Waals surface area (Å²) in [6.45, 7) is -3.41. The predicted octanol–water partition coefficient (Wildman–Crippen LogP) is 1.82. The molecule has 1 heterocycles. The zero-order valence-electron chi connectivity index (χ0n) is 11.1. The standard InChI is InChI=1S/C13H11F2N3O4/c14-13(15)22-10-4-2-1-3-8(10)16-12(21)9-5-6-18(17-9)7-11(19)20/h1-6,13H,7H2,(H,16,21)(H,19,20). The van der Waals surface area contributed by atoms with Crippen molar-refractivity contribution < 1.29 is 28.2 Å². The highest BCUT2D eigenvalue weighted by molar-refractivity contribution is 6.03. The minimum Gasteiger partial charge on any atom is -0.480 e. The number of carbonyl (C=O) groups excluding carboxylic acids is 1. The van der Waals surface area contributed by atoms with E-state index in [-0.39, 0.29) is 17.1 Å². The fraction of sp³-hybridized carbons (Fsp3) is 0.154. The molecule has 2 rings (SSSR count). The Labute approximate surface area is 123 Å². The number of amides is 1. The molecule has 0 saturated heterocycles. The predicted molar refractivity (Wildman–Crippen MR) is 70.9 cm³/mol. The van der Waals surface area contributed by atoms with Gasteiger partial charge in [-0.15, -0.1) is 0 Å². The monoisotopic (exact) mass is 311 g/mol. The minimum atomic E-state index is -3.02. The Kier molecular flexibility index (Phi) is 4.66. The SMILES string of the molecule is O=C(O)Cn1ccc(C(=O)Nc2ccccc2OC(F)F)n1. The van der Waals surface area contributed by atoms with Crippen molar-refractivity contribution in [2.75, 3.05) is 5.32 Å². The van der Waals surface area contributed by atoms with E-state index in [9.17, 15) is 18.4 Å². The van der Waals surface area contributed by atoms with Crippen LogP contribution in [0.1, 0.15) is 10.5 Å². The van der Waals surface area contributed by atoms with E-state index in [1.165, 1.54) is 36.5 Å². The summed E-state index contributed by atoms with van der Waals surface area (Å²) in [7, 11) is 0. The Bertz CT molecular complexity index is 687. The molecular formula is C13H11F2N3O4. The number of carboxylic acids is 1. The summed E-state index contributed by atoms with van der Waals surface area (Å²) in [5, 5.41) is 14.8. The molecule has 0 radical (unpaired) electrons. The number of hydrogen-bond donors (Lipinski definition) is 2. The van der Waals surface area contributed by atoms with Crippen molar-refractivity contribution in [3.63, 3.8) is 0 Å². The van der Waals surface area contributed by atoms with Gasteiger partial charge in [0.15, 0.2) is 5.69 Å². The van der Waals surface area contributed by atoms with Crippen LogP contribution in [0.4, 0.5) is 14.5 Å². The quantitative estimate of drug-likeness (QED) is 0.849. The number of aliphatic carboxylic acids is 1. The molecule has 1 aromatic heterocycles. The lowest BCUT2D eigenvalue weighted by Crippen LogP contribution is -2.16. The van der Waals surface area contributed by atoms with Crippen LogP contribution in [0.3, 0.4) is 0 Å². The Hall–Kier alpha value is -2.97. The minimum absolute atomic E-state index is 0.0481. The normalized spacial score (nSPS) is 10.5. The fourth-order valence-corrected chi connectivity index (χ4v) is 1.66. The van der Waals surface area contributed by atoms with E-state index in [2.05, 4.69) is 15.2 Å². The van der Waals surface area contributed by atoms with Crippen LogP contribution in [0, 0.1) is 0 Å². The molecule has 0 aliphatic carbocycles. The van der Waals surface area contributed by atoms with Gasteiger partial charge < -0.3 is 15.2 Å². The third-order valence-electron chi connectivity index (χ3n) is 2.52. The topological polar surface area (TPSA) is 93.5 Å². The van der Waals surface area contributed by atoms with E-state index in [1.54, 1.807) is 0 Å². The van der Waals surface area contributed by atoms with Crippen LogP contribution in [0.15, 0.2) is 36.5 Å². The molecule has 0 aliphatic heterocycles. The van der Waals surface area contributed by atoms with Gasteiger partial charge >= 0.3 is 12.6 Å². The molecule has 0 spiro atoms. The van der Waals surface area contributed by atoms with Gasteiger partial charge in [0, 0.05) is 6.20 Å². The summed E-state index contributed by atoms with van der Waals surface area (Å²) >= 11 is 0. The molecule has 0 bridgehead atoms. The summed E-state index contributed by atoms with van der Waals surface area (Å²) in [5.41, 5.74) is 0.00804. The van der Waals surface area contributed by atoms with Crippen molar-refractivity contribution in [3.8, 4) is 5.75 Å². The maximum absolute atomic E-state index is 12.3. The van der Waals surface area contributed by atoms with E-state index in [0.29, 0.717) is 0 Å². The van der Waals surface area contributed by atoms with Gasteiger partial charge in [0.25, 0.3) is 5.91 Å². The largest absolute Gasteiger partial charge is 0.480 e. The van der Waals surface area contributed by atoms with E-state index >= 15 is 0 Å². The first-order chi connectivity index (χ1) is 10.5. The molecule has 0 aliphatic rings. The number of alkyl halides is 2. The fourth-order valence-electron chi connectivity index (χ4n) is 1.66. The third-order valence-corrected chi connectivity index (χ3v) is 2.52. The van der Waals surface area contributed by atoms with Crippen LogP contribution in [0.5, 0.6) is 5.75 Å². The lowest BCUT2D eigenvalue weighted by molar-refractivity contribution is -0.137. The molecule has 9 heteroatoms. The number of para-hydroxylation sites is 2. The first-order valence-electron chi connectivity index (χ1n) is 6.06. The third kappa shape index (κ3) is 4.01. The lowest BCUT2D eigenvalue weighted by atomic mass is 10.3. The summed E-state index contributed by atoms with van der Waals surface area (Å²) in [6.07, 6.45) is 1.32. The van der Waals surface area contributed by atoms with Gasteiger partial charge in [-0.1, -0.05) is 12.1 Å². The molecule has 0 fully saturated rings. The molecule has 2 aromatic rings. The van der Waals surface area contributed by atoms with Crippen LogP contribution in [0.25, 0.3) is 0 Å². The van der Waals surface area contributed by atoms with Gasteiger partial charge in [-0.3, -0.25) is 14.3 Å².